The SMILES string of the molecule is CCCCC1CCC(C)C(c2cc(C(CCC)c3ccc(O)c(C4(C5(C6CCCCS6)CCCCS5)SC(CCCC)CCC4C)c3)ccc2O)(C2(C3CCCCS3)CCCCS2)S1. The lowest BCUT2D eigenvalue weighted by Crippen LogP contribution is -2.60. The second kappa shape index (κ2) is 22.9. The lowest BCUT2D eigenvalue weighted by atomic mass is 9.67. The molecule has 0 aromatic heterocycles. The molecule has 0 bridgehead atoms. The zero-order chi connectivity index (χ0) is 44.8. The summed E-state index contributed by atoms with van der Waals surface area (Å²) in [5.74, 6) is 7.32. The van der Waals surface area contributed by atoms with Crippen LogP contribution in [0.3, 0.4) is 0 Å². The van der Waals surface area contributed by atoms with Crippen molar-refractivity contribution in [2.45, 2.75) is 235 Å². The summed E-state index contributed by atoms with van der Waals surface area (Å²) < 4.78 is -0.0829. The minimum absolute atomic E-state index is 0.103. The molecule has 6 fully saturated rings. The van der Waals surface area contributed by atoms with Crippen molar-refractivity contribution in [3.05, 3.63) is 58.7 Å². The van der Waals surface area contributed by atoms with Crippen molar-refractivity contribution in [3.8, 4) is 11.5 Å². The van der Waals surface area contributed by atoms with E-state index in [2.05, 4.69) is 142 Å². The quantitative estimate of drug-likeness (QED) is 0.172. The van der Waals surface area contributed by atoms with Gasteiger partial charge in [0, 0.05) is 47.5 Å². The van der Waals surface area contributed by atoms with Crippen molar-refractivity contribution in [3.63, 3.8) is 0 Å². The summed E-state index contributed by atoms with van der Waals surface area (Å²) in [4.78, 5) is 0. The first-order valence-electron chi connectivity index (χ1n) is 26.7. The molecule has 8 rings (SSSR count). The van der Waals surface area contributed by atoms with Crippen molar-refractivity contribution in [1.29, 1.82) is 0 Å². The molecular formula is C56H86O2S6. The number of phenolic OH excluding ortho intramolecular Hbond substituents is 2. The summed E-state index contributed by atoms with van der Waals surface area (Å²) in [5.41, 5.74) is 5.29. The van der Waals surface area contributed by atoms with Crippen LogP contribution in [0.15, 0.2) is 36.4 Å². The monoisotopic (exact) mass is 982 g/mol. The Bertz CT molecular complexity index is 1650. The fourth-order valence-corrected chi connectivity index (χ4v) is 26.6. The molecule has 0 spiro atoms. The number of rotatable bonds is 16. The van der Waals surface area contributed by atoms with Crippen LogP contribution in [0.25, 0.3) is 0 Å². The Hall–Kier alpha value is 0.140. The standard InChI is InChI=1S/C56H86O2S6/c1-6-9-20-44-28-24-40(4)55(63-44,53(32-13-17-36-61-53)51-22-11-15-34-59-51)47-38-42(26-30-49(47)57)46(19-8-3)43-27-31-50(58)48(39-43)56(41(5)25-29-45(64-56)21-10-7-2)54(33-14-18-37-62-54)52-23-12-16-35-60-52/h26-27,30-31,38-41,44-46,51-52,57-58H,6-25,28-29,32-37H2,1-5H3. The van der Waals surface area contributed by atoms with E-state index in [-0.39, 0.29) is 24.9 Å². The van der Waals surface area contributed by atoms with E-state index in [1.54, 1.807) is 0 Å². The predicted octanol–water partition coefficient (Wildman–Crippen LogP) is 17.7. The molecule has 6 saturated heterocycles. The summed E-state index contributed by atoms with van der Waals surface area (Å²) in [6.45, 7) is 12.3. The maximum Gasteiger partial charge on any atom is 0.120 e. The van der Waals surface area contributed by atoms with Gasteiger partial charge in [-0.25, -0.2) is 0 Å². The zero-order valence-corrected chi connectivity index (χ0v) is 45.5. The normalized spacial score (nSPS) is 37.0. The van der Waals surface area contributed by atoms with E-state index in [4.69, 9.17) is 0 Å². The van der Waals surface area contributed by atoms with Gasteiger partial charge in [-0.1, -0.05) is 117 Å². The first-order valence-corrected chi connectivity index (χ1v) is 32.6. The number of phenols is 2. The Labute approximate surface area is 417 Å². The van der Waals surface area contributed by atoms with E-state index in [9.17, 15) is 10.2 Å². The molecule has 6 heterocycles. The maximum absolute atomic E-state index is 12.6. The van der Waals surface area contributed by atoms with Crippen LogP contribution in [0.1, 0.15) is 217 Å². The average Bonchev–Trinajstić information content (AvgIpc) is 3.34. The molecule has 0 aliphatic carbocycles. The number of thioether (sulfide) groups is 6. The Kier molecular flexibility index (Phi) is 18.1. The lowest BCUT2D eigenvalue weighted by molar-refractivity contribution is 0.245. The molecule has 0 radical (unpaired) electrons. The second-order valence-electron chi connectivity index (χ2n) is 21.2. The number of benzene rings is 2. The van der Waals surface area contributed by atoms with Gasteiger partial charge in [0.05, 0.1) is 9.49 Å². The molecule has 358 valence electrons. The molecule has 0 amide bonds. The highest BCUT2D eigenvalue weighted by Crippen LogP contribution is 2.71. The van der Waals surface area contributed by atoms with Crippen molar-refractivity contribution in [2.24, 2.45) is 11.8 Å². The molecule has 2 aromatic carbocycles. The topological polar surface area (TPSA) is 40.5 Å². The van der Waals surface area contributed by atoms with Gasteiger partial charge in [-0.3, -0.25) is 0 Å². The number of hydrogen-bond acceptors (Lipinski definition) is 8. The number of hydrogen-bond donors (Lipinski definition) is 2. The van der Waals surface area contributed by atoms with Gasteiger partial charge in [0.25, 0.3) is 0 Å². The summed E-state index contributed by atoms with van der Waals surface area (Å²) in [6, 6.07) is 14.1. The highest BCUT2D eigenvalue weighted by molar-refractivity contribution is 8.07. The third kappa shape index (κ3) is 9.65. The second-order valence-corrected chi connectivity index (χ2v) is 29.8. The van der Waals surface area contributed by atoms with E-state index in [1.165, 1.54) is 187 Å². The van der Waals surface area contributed by atoms with E-state index in [1.807, 2.05) is 0 Å². The fraction of sp³-hybridized carbons (Fsp3) is 0.786. The van der Waals surface area contributed by atoms with E-state index in [0.717, 1.165) is 12.8 Å². The van der Waals surface area contributed by atoms with Crippen LogP contribution >= 0.6 is 70.6 Å². The van der Waals surface area contributed by atoms with Gasteiger partial charge in [-0.05, 0) is 154 Å². The first-order chi connectivity index (χ1) is 31.2. The molecule has 10 unspecified atom stereocenters. The van der Waals surface area contributed by atoms with Gasteiger partial charge in [0.2, 0.25) is 0 Å². The van der Waals surface area contributed by atoms with Crippen LogP contribution in [0.4, 0.5) is 0 Å². The minimum atomic E-state index is -0.144. The molecule has 10 atom stereocenters. The third-order valence-electron chi connectivity index (χ3n) is 17.2. The largest absolute Gasteiger partial charge is 0.508 e. The molecule has 8 heteroatoms. The fourth-order valence-electron chi connectivity index (χ4n) is 13.9. The van der Waals surface area contributed by atoms with Crippen LogP contribution in [0.2, 0.25) is 0 Å². The summed E-state index contributed by atoms with van der Waals surface area (Å²) in [7, 11) is 0. The summed E-state index contributed by atoms with van der Waals surface area (Å²) in [6.07, 6.45) is 30.8. The Morgan fingerprint density at radius 3 is 1.38 bits per heavy atom. The zero-order valence-electron chi connectivity index (χ0n) is 40.6. The van der Waals surface area contributed by atoms with Crippen molar-refractivity contribution in [1.82, 2.24) is 0 Å². The minimum Gasteiger partial charge on any atom is -0.508 e. The highest BCUT2D eigenvalue weighted by atomic mass is 32.2. The van der Waals surface area contributed by atoms with Crippen LogP contribution in [0.5, 0.6) is 11.5 Å². The predicted molar refractivity (Wildman–Crippen MR) is 293 cm³/mol. The van der Waals surface area contributed by atoms with Gasteiger partial charge in [0.1, 0.15) is 11.5 Å². The molecule has 2 nitrogen and oxygen atoms in total. The highest BCUT2D eigenvalue weighted by Gasteiger charge is 2.64. The Balaban J connectivity index is 1.29. The Morgan fingerprint density at radius 1 is 0.547 bits per heavy atom. The van der Waals surface area contributed by atoms with E-state index < -0.39 is 0 Å². The van der Waals surface area contributed by atoms with Gasteiger partial charge < -0.3 is 10.2 Å². The van der Waals surface area contributed by atoms with Gasteiger partial charge in [-0.2, -0.15) is 47.0 Å². The third-order valence-corrected chi connectivity index (χ3v) is 28.8. The molecule has 6 aliphatic rings. The smallest absolute Gasteiger partial charge is 0.120 e. The molecule has 6 aliphatic heterocycles. The van der Waals surface area contributed by atoms with E-state index in [0.29, 0.717) is 44.3 Å². The van der Waals surface area contributed by atoms with Crippen molar-refractivity contribution < 1.29 is 10.2 Å². The van der Waals surface area contributed by atoms with Gasteiger partial charge in [0.15, 0.2) is 0 Å². The van der Waals surface area contributed by atoms with Crippen molar-refractivity contribution >= 4 is 70.6 Å². The van der Waals surface area contributed by atoms with Crippen LogP contribution in [0, 0.1) is 11.8 Å². The molecule has 2 N–H and O–H groups in total. The van der Waals surface area contributed by atoms with Gasteiger partial charge in [-0.15, -0.1) is 23.5 Å². The molecule has 64 heavy (non-hydrogen) atoms. The Morgan fingerprint density at radius 2 is 1.00 bits per heavy atom. The summed E-state index contributed by atoms with van der Waals surface area (Å²) >= 11 is 14.0. The van der Waals surface area contributed by atoms with Crippen molar-refractivity contribution in [2.75, 3.05) is 23.0 Å². The summed E-state index contributed by atoms with van der Waals surface area (Å²) in [5, 5.41) is 27.7. The molecule has 2 aromatic rings. The van der Waals surface area contributed by atoms with Gasteiger partial charge >= 0.3 is 0 Å². The van der Waals surface area contributed by atoms with Crippen LogP contribution in [-0.4, -0.2) is 63.7 Å². The van der Waals surface area contributed by atoms with Crippen LogP contribution < -0.4 is 0 Å². The number of aromatic hydroxyl groups is 2. The van der Waals surface area contributed by atoms with E-state index >= 15 is 0 Å². The average molecular weight is 984 g/mol. The van der Waals surface area contributed by atoms with Crippen LogP contribution in [-0.2, 0) is 9.49 Å². The molecular weight excluding hydrogens is 897 g/mol. The maximum atomic E-state index is 12.6. The molecule has 0 saturated carbocycles. The number of unbranched alkanes of at least 4 members (excludes halogenated alkanes) is 2. The first kappa shape index (κ1) is 50.5. The lowest BCUT2D eigenvalue weighted by Gasteiger charge is -2.61.